The molecule has 0 fully saturated rings. The number of esters is 4. The topological polar surface area (TPSA) is 146 Å². The van der Waals surface area contributed by atoms with E-state index in [1.807, 2.05) is 0 Å². The maximum Gasteiger partial charge on any atom is 0.339 e. The first-order valence-electron chi connectivity index (χ1n) is 12.3. The van der Waals surface area contributed by atoms with Gasteiger partial charge in [-0.3, -0.25) is 9.59 Å². The fourth-order valence-electron chi connectivity index (χ4n) is 2.77. The highest BCUT2D eigenvalue weighted by molar-refractivity contribution is 5.91. The lowest BCUT2D eigenvalue weighted by atomic mass is 9.88. The van der Waals surface area contributed by atoms with Gasteiger partial charge in [0.05, 0.1) is 10.8 Å². The van der Waals surface area contributed by atoms with Gasteiger partial charge in [0.25, 0.3) is 0 Å². The summed E-state index contributed by atoms with van der Waals surface area (Å²) in [6.07, 6.45) is 1.54. The lowest BCUT2D eigenvalue weighted by molar-refractivity contribution is -0.144. The van der Waals surface area contributed by atoms with Crippen molar-refractivity contribution < 1.29 is 48.3 Å². The standard InChI is InChI=1S/C30H34O10/c1-17(2)25(33)38-22-13-12-19(16-21(22)32)37-28(36)30(7,8)15-14-18(3)26(34)40-24-20(31)10-9-11-23(24)39-27(35)29(4,5)6/h9-14,16,31-32H,1,15H2,2-8H3/b18-14+. The second-order valence-corrected chi connectivity index (χ2v) is 10.8. The quantitative estimate of drug-likeness (QED) is 0.234. The number of benzene rings is 2. The number of para-hydroxylation sites is 1. The summed E-state index contributed by atoms with van der Waals surface area (Å²) in [6.45, 7) is 14.6. The number of phenolic OH excluding ortho intramolecular Hbond substituents is 2. The van der Waals surface area contributed by atoms with Crippen LogP contribution in [0.5, 0.6) is 34.5 Å². The van der Waals surface area contributed by atoms with Gasteiger partial charge in [-0.15, -0.1) is 0 Å². The summed E-state index contributed by atoms with van der Waals surface area (Å²) in [4.78, 5) is 49.5. The van der Waals surface area contributed by atoms with Crippen LogP contribution in [0, 0.1) is 10.8 Å². The minimum atomic E-state index is -1.11. The Morgan fingerprint density at radius 1 is 0.800 bits per heavy atom. The van der Waals surface area contributed by atoms with Crippen molar-refractivity contribution in [1.82, 2.24) is 0 Å². The van der Waals surface area contributed by atoms with Gasteiger partial charge in [-0.1, -0.05) is 18.7 Å². The highest BCUT2D eigenvalue weighted by Crippen LogP contribution is 2.38. The number of ether oxygens (including phenoxy) is 4. The maximum atomic E-state index is 12.8. The molecule has 0 aliphatic heterocycles. The molecule has 0 bridgehead atoms. The molecule has 10 nitrogen and oxygen atoms in total. The zero-order valence-electron chi connectivity index (χ0n) is 23.6. The second-order valence-electron chi connectivity index (χ2n) is 10.8. The van der Waals surface area contributed by atoms with Gasteiger partial charge in [0, 0.05) is 17.2 Å². The van der Waals surface area contributed by atoms with Crippen molar-refractivity contribution >= 4 is 23.9 Å². The molecule has 0 radical (unpaired) electrons. The third kappa shape index (κ3) is 8.45. The largest absolute Gasteiger partial charge is 0.504 e. The number of carbonyl (C=O) groups is 4. The molecule has 0 amide bonds. The van der Waals surface area contributed by atoms with Gasteiger partial charge in [-0.05, 0) is 79.2 Å². The maximum absolute atomic E-state index is 12.8. The van der Waals surface area contributed by atoms with E-state index in [1.165, 1.54) is 50.3 Å². The molecule has 0 spiro atoms. The Labute approximate surface area is 232 Å². The minimum Gasteiger partial charge on any atom is -0.504 e. The number of carbonyl (C=O) groups excluding carboxylic acids is 4. The van der Waals surface area contributed by atoms with Crippen molar-refractivity contribution in [3.05, 3.63) is 60.2 Å². The van der Waals surface area contributed by atoms with E-state index in [1.54, 1.807) is 34.6 Å². The van der Waals surface area contributed by atoms with Crippen LogP contribution in [0.2, 0.25) is 0 Å². The Kier molecular flexibility index (Phi) is 9.88. The van der Waals surface area contributed by atoms with E-state index in [-0.39, 0.29) is 40.6 Å². The van der Waals surface area contributed by atoms with Gasteiger partial charge in [-0.25, -0.2) is 9.59 Å². The number of rotatable bonds is 9. The molecule has 0 saturated carbocycles. The summed E-state index contributed by atoms with van der Waals surface area (Å²) in [7, 11) is 0. The van der Waals surface area contributed by atoms with Crippen LogP contribution in [0.15, 0.2) is 60.2 Å². The first-order valence-corrected chi connectivity index (χ1v) is 12.3. The smallest absolute Gasteiger partial charge is 0.339 e. The van der Waals surface area contributed by atoms with Crippen molar-refractivity contribution in [3.8, 4) is 34.5 Å². The van der Waals surface area contributed by atoms with Gasteiger partial charge in [-0.2, -0.15) is 0 Å². The zero-order chi connectivity index (χ0) is 30.4. The van der Waals surface area contributed by atoms with E-state index in [4.69, 9.17) is 18.9 Å². The van der Waals surface area contributed by atoms with Gasteiger partial charge >= 0.3 is 23.9 Å². The molecule has 0 atom stereocenters. The molecule has 214 valence electrons. The fourth-order valence-corrected chi connectivity index (χ4v) is 2.77. The van der Waals surface area contributed by atoms with E-state index in [2.05, 4.69) is 6.58 Å². The monoisotopic (exact) mass is 554 g/mol. The first-order chi connectivity index (χ1) is 18.4. The number of phenols is 2. The average Bonchev–Trinajstić information content (AvgIpc) is 2.85. The highest BCUT2D eigenvalue weighted by Gasteiger charge is 2.30. The molecule has 2 rings (SSSR count). The molecule has 0 aromatic heterocycles. The Bertz CT molecular complexity index is 1360. The van der Waals surface area contributed by atoms with Crippen LogP contribution in [-0.4, -0.2) is 34.1 Å². The lowest BCUT2D eigenvalue weighted by Crippen LogP contribution is -2.28. The first kappa shape index (κ1) is 31.6. The number of aromatic hydroxyl groups is 2. The van der Waals surface area contributed by atoms with Crippen molar-refractivity contribution in [3.63, 3.8) is 0 Å². The molecule has 0 unspecified atom stereocenters. The molecular weight excluding hydrogens is 520 g/mol. The van der Waals surface area contributed by atoms with Gasteiger partial charge in [0.15, 0.2) is 23.0 Å². The fraction of sp³-hybridized carbons (Fsp3) is 0.333. The van der Waals surface area contributed by atoms with Crippen LogP contribution in [0.3, 0.4) is 0 Å². The average molecular weight is 555 g/mol. The molecule has 2 aromatic rings. The van der Waals surface area contributed by atoms with Crippen molar-refractivity contribution in [2.75, 3.05) is 0 Å². The van der Waals surface area contributed by atoms with Crippen molar-refractivity contribution in [2.24, 2.45) is 10.8 Å². The van der Waals surface area contributed by atoms with E-state index in [0.717, 1.165) is 6.07 Å². The molecular formula is C30H34O10. The van der Waals surface area contributed by atoms with Crippen LogP contribution in [0.1, 0.15) is 54.9 Å². The third-order valence-electron chi connectivity index (χ3n) is 5.45. The number of allylic oxidation sites excluding steroid dienone is 1. The number of hydrogen-bond acceptors (Lipinski definition) is 10. The predicted octanol–water partition coefficient (Wildman–Crippen LogP) is 5.40. The Morgan fingerprint density at radius 3 is 2.02 bits per heavy atom. The lowest BCUT2D eigenvalue weighted by Gasteiger charge is -2.21. The Morgan fingerprint density at radius 2 is 1.45 bits per heavy atom. The van der Waals surface area contributed by atoms with Crippen LogP contribution in [-0.2, 0) is 19.2 Å². The molecule has 2 N–H and O–H groups in total. The van der Waals surface area contributed by atoms with Crippen LogP contribution in [0.4, 0.5) is 0 Å². The summed E-state index contributed by atoms with van der Waals surface area (Å²) in [5.74, 6) is -4.13. The minimum absolute atomic E-state index is 0.0164. The van der Waals surface area contributed by atoms with Crippen molar-refractivity contribution in [2.45, 2.75) is 54.9 Å². The Hall–Kier alpha value is -4.60. The summed E-state index contributed by atoms with van der Waals surface area (Å²) in [5, 5.41) is 20.3. The van der Waals surface area contributed by atoms with E-state index in [0.29, 0.717) is 0 Å². The van der Waals surface area contributed by atoms with E-state index >= 15 is 0 Å². The highest BCUT2D eigenvalue weighted by atomic mass is 16.6. The molecule has 0 aliphatic carbocycles. The van der Waals surface area contributed by atoms with Gasteiger partial charge < -0.3 is 29.2 Å². The van der Waals surface area contributed by atoms with Crippen LogP contribution < -0.4 is 18.9 Å². The molecule has 0 saturated heterocycles. The molecule has 0 heterocycles. The molecule has 40 heavy (non-hydrogen) atoms. The third-order valence-corrected chi connectivity index (χ3v) is 5.45. The molecule has 0 aliphatic rings. The van der Waals surface area contributed by atoms with E-state index < -0.39 is 46.2 Å². The van der Waals surface area contributed by atoms with Gasteiger partial charge in [0.2, 0.25) is 5.75 Å². The van der Waals surface area contributed by atoms with Gasteiger partial charge in [0.1, 0.15) is 5.75 Å². The van der Waals surface area contributed by atoms with Crippen LogP contribution in [0.25, 0.3) is 0 Å². The van der Waals surface area contributed by atoms with Crippen molar-refractivity contribution in [1.29, 1.82) is 0 Å². The Balaban J connectivity index is 2.10. The number of hydrogen-bond donors (Lipinski definition) is 2. The predicted molar refractivity (Wildman–Crippen MR) is 145 cm³/mol. The SMILES string of the molecule is C=C(C)C(=O)Oc1ccc(OC(=O)C(C)(C)C/C=C(\C)C(=O)Oc2c(O)cccc2OC(=O)C(C)(C)C)cc1O. The summed E-state index contributed by atoms with van der Waals surface area (Å²) in [5.41, 5.74) is -1.67. The normalized spacial score (nSPS) is 11.8. The molecule has 10 heteroatoms. The summed E-state index contributed by atoms with van der Waals surface area (Å²) < 4.78 is 21.0. The second kappa shape index (κ2) is 12.5. The summed E-state index contributed by atoms with van der Waals surface area (Å²) in [6, 6.07) is 7.87. The zero-order valence-corrected chi connectivity index (χ0v) is 23.6. The van der Waals surface area contributed by atoms with E-state index in [9.17, 15) is 29.4 Å². The molecule has 2 aromatic carbocycles. The van der Waals surface area contributed by atoms with Crippen LogP contribution >= 0.6 is 0 Å². The summed E-state index contributed by atoms with van der Waals surface area (Å²) >= 11 is 0.